The fourth-order valence-electron chi connectivity index (χ4n) is 1.56. The molecule has 0 saturated carbocycles. The summed E-state index contributed by atoms with van der Waals surface area (Å²) in [7, 11) is 2.95. The minimum atomic E-state index is -0.525. The van der Waals surface area contributed by atoms with Crippen molar-refractivity contribution in [2.45, 2.75) is 12.5 Å². The molecule has 16 heavy (non-hydrogen) atoms. The average molecular weight is 230 g/mol. The van der Waals surface area contributed by atoms with Crippen molar-refractivity contribution in [3.8, 4) is 0 Å². The smallest absolute Gasteiger partial charge is 0.336 e. The highest BCUT2D eigenvalue weighted by Crippen LogP contribution is 2.07. The van der Waals surface area contributed by atoms with Crippen molar-refractivity contribution in [2.24, 2.45) is 0 Å². The fourth-order valence-corrected chi connectivity index (χ4v) is 1.56. The van der Waals surface area contributed by atoms with Crippen molar-refractivity contribution in [1.82, 2.24) is 10.2 Å². The van der Waals surface area contributed by atoms with Gasteiger partial charge in [0.05, 0.1) is 13.7 Å². The van der Waals surface area contributed by atoms with Crippen molar-refractivity contribution in [3.63, 3.8) is 0 Å². The average Bonchev–Trinajstić information content (AvgIpc) is 2.35. The second-order valence-electron chi connectivity index (χ2n) is 3.61. The molecule has 0 aromatic heterocycles. The predicted molar refractivity (Wildman–Crippen MR) is 56.9 cm³/mol. The van der Waals surface area contributed by atoms with Gasteiger partial charge in [-0.2, -0.15) is 0 Å². The van der Waals surface area contributed by atoms with E-state index in [1.54, 1.807) is 7.05 Å². The second kappa shape index (κ2) is 6.44. The molecule has 1 heterocycles. The van der Waals surface area contributed by atoms with Gasteiger partial charge in [0, 0.05) is 33.1 Å². The number of nitrogens with zero attached hydrogens (tertiary/aromatic N) is 1. The van der Waals surface area contributed by atoms with E-state index in [4.69, 9.17) is 4.74 Å². The molecule has 1 atom stereocenters. The Bertz CT molecular complexity index is 257. The molecule has 0 radical (unpaired) electrons. The molecule has 6 heteroatoms. The van der Waals surface area contributed by atoms with Crippen LogP contribution in [0.1, 0.15) is 6.42 Å². The lowest BCUT2D eigenvalue weighted by Gasteiger charge is -2.31. The molecule has 1 aliphatic heterocycles. The minimum Gasteiger partial charge on any atom is -0.467 e. The lowest BCUT2D eigenvalue weighted by atomic mass is 10.2. The van der Waals surface area contributed by atoms with Crippen LogP contribution in [0.3, 0.4) is 0 Å². The molecule has 0 aromatic rings. The van der Waals surface area contributed by atoms with Gasteiger partial charge in [-0.05, 0) is 0 Å². The number of nitrogens with one attached hydrogen (secondary N) is 1. The molecule has 1 amide bonds. The summed E-state index contributed by atoms with van der Waals surface area (Å²) in [5, 5.41) is 2.56. The molecule has 1 rings (SSSR count). The van der Waals surface area contributed by atoms with E-state index >= 15 is 0 Å². The Morgan fingerprint density at radius 2 is 2.31 bits per heavy atom. The van der Waals surface area contributed by atoms with E-state index in [-0.39, 0.29) is 11.9 Å². The Morgan fingerprint density at radius 1 is 1.56 bits per heavy atom. The Morgan fingerprint density at radius 3 is 2.94 bits per heavy atom. The van der Waals surface area contributed by atoms with Crippen molar-refractivity contribution in [2.75, 3.05) is 40.4 Å². The number of rotatable bonds is 4. The number of carbonyl (C=O) groups excluding carboxylic acids is 2. The van der Waals surface area contributed by atoms with Gasteiger partial charge < -0.3 is 14.8 Å². The molecule has 1 aliphatic rings. The van der Waals surface area contributed by atoms with Gasteiger partial charge in [0.25, 0.3) is 0 Å². The van der Waals surface area contributed by atoms with Crippen LogP contribution in [0.5, 0.6) is 0 Å². The first-order valence-corrected chi connectivity index (χ1v) is 5.29. The quantitative estimate of drug-likeness (QED) is 0.627. The van der Waals surface area contributed by atoms with Crippen molar-refractivity contribution in [3.05, 3.63) is 0 Å². The van der Waals surface area contributed by atoms with Gasteiger partial charge in [-0.1, -0.05) is 0 Å². The van der Waals surface area contributed by atoms with Crippen LogP contribution in [-0.4, -0.2) is 63.3 Å². The topological polar surface area (TPSA) is 67.9 Å². The predicted octanol–water partition coefficient (Wildman–Crippen LogP) is -1.00. The van der Waals surface area contributed by atoms with E-state index in [2.05, 4.69) is 10.1 Å². The van der Waals surface area contributed by atoms with Gasteiger partial charge in [0.15, 0.2) is 6.10 Å². The van der Waals surface area contributed by atoms with Crippen LogP contribution in [0.2, 0.25) is 0 Å². The summed E-state index contributed by atoms with van der Waals surface area (Å²) in [4.78, 5) is 24.3. The molecule has 1 N–H and O–H groups in total. The van der Waals surface area contributed by atoms with Crippen LogP contribution in [0.15, 0.2) is 0 Å². The zero-order valence-corrected chi connectivity index (χ0v) is 9.69. The molecule has 6 nitrogen and oxygen atoms in total. The molecule has 0 bridgehead atoms. The van der Waals surface area contributed by atoms with E-state index < -0.39 is 6.10 Å². The third-order valence-electron chi connectivity index (χ3n) is 2.55. The zero-order valence-electron chi connectivity index (χ0n) is 9.69. The maximum atomic E-state index is 11.3. The number of carbonyl (C=O) groups is 2. The van der Waals surface area contributed by atoms with E-state index in [9.17, 15) is 9.59 Å². The highest BCUT2D eigenvalue weighted by Gasteiger charge is 2.27. The van der Waals surface area contributed by atoms with E-state index in [1.165, 1.54) is 7.11 Å². The maximum absolute atomic E-state index is 11.3. The summed E-state index contributed by atoms with van der Waals surface area (Å²) in [6.45, 7) is 2.36. The molecule has 0 spiro atoms. The number of methoxy groups -OCH3 is 1. The van der Waals surface area contributed by atoms with E-state index in [0.29, 0.717) is 26.1 Å². The standard InChI is InChI=1S/C10H18N2O4/c1-11-9(13)3-4-12-5-6-16-8(7-12)10(14)15-2/h8H,3-7H2,1-2H3,(H,11,13). The molecular formula is C10H18N2O4. The molecule has 0 aromatic carbocycles. The summed E-state index contributed by atoms with van der Waals surface area (Å²) in [6.07, 6.45) is -0.0897. The summed E-state index contributed by atoms with van der Waals surface area (Å²) >= 11 is 0. The first kappa shape index (κ1) is 12.9. The number of hydrogen-bond donors (Lipinski definition) is 1. The van der Waals surface area contributed by atoms with Crippen molar-refractivity contribution in [1.29, 1.82) is 0 Å². The van der Waals surface area contributed by atoms with Gasteiger partial charge >= 0.3 is 5.97 Å². The van der Waals surface area contributed by atoms with E-state index in [0.717, 1.165) is 6.54 Å². The number of esters is 1. The summed E-state index contributed by atoms with van der Waals surface area (Å²) in [5.41, 5.74) is 0. The first-order chi connectivity index (χ1) is 7.67. The lowest BCUT2D eigenvalue weighted by molar-refractivity contribution is -0.159. The maximum Gasteiger partial charge on any atom is 0.336 e. The van der Waals surface area contributed by atoms with Crippen LogP contribution in [0.25, 0.3) is 0 Å². The SMILES string of the molecule is CNC(=O)CCN1CCOC(C(=O)OC)C1. The summed E-state index contributed by atoms with van der Waals surface area (Å²) in [5.74, 6) is -0.356. The normalized spacial score (nSPS) is 21.5. The van der Waals surface area contributed by atoms with E-state index in [1.807, 2.05) is 4.90 Å². The van der Waals surface area contributed by atoms with Crippen LogP contribution in [0.4, 0.5) is 0 Å². The van der Waals surface area contributed by atoms with Gasteiger partial charge in [-0.15, -0.1) is 0 Å². The van der Waals surface area contributed by atoms with Gasteiger partial charge in [0.2, 0.25) is 5.91 Å². The molecular weight excluding hydrogens is 212 g/mol. The van der Waals surface area contributed by atoms with Crippen molar-refractivity contribution >= 4 is 11.9 Å². The third kappa shape index (κ3) is 3.79. The Balaban J connectivity index is 2.33. The Labute approximate surface area is 94.9 Å². The highest BCUT2D eigenvalue weighted by atomic mass is 16.6. The molecule has 0 aliphatic carbocycles. The minimum absolute atomic E-state index is 0.00103. The van der Waals surface area contributed by atoms with Crippen LogP contribution >= 0.6 is 0 Å². The molecule has 1 unspecified atom stereocenters. The molecule has 1 fully saturated rings. The van der Waals surface area contributed by atoms with Crippen LogP contribution in [0, 0.1) is 0 Å². The fraction of sp³-hybridized carbons (Fsp3) is 0.800. The van der Waals surface area contributed by atoms with Gasteiger partial charge in [0.1, 0.15) is 0 Å². The number of ether oxygens (including phenoxy) is 2. The number of morpholine rings is 1. The summed E-state index contributed by atoms with van der Waals surface area (Å²) < 4.78 is 9.89. The number of hydrogen-bond acceptors (Lipinski definition) is 5. The van der Waals surface area contributed by atoms with Gasteiger partial charge in [-0.3, -0.25) is 9.69 Å². The van der Waals surface area contributed by atoms with Gasteiger partial charge in [-0.25, -0.2) is 4.79 Å². The monoisotopic (exact) mass is 230 g/mol. The lowest BCUT2D eigenvalue weighted by Crippen LogP contribution is -2.47. The highest BCUT2D eigenvalue weighted by molar-refractivity contribution is 5.76. The number of amides is 1. The van der Waals surface area contributed by atoms with Crippen LogP contribution < -0.4 is 5.32 Å². The third-order valence-corrected chi connectivity index (χ3v) is 2.55. The molecule has 1 saturated heterocycles. The van der Waals surface area contributed by atoms with Crippen molar-refractivity contribution < 1.29 is 19.1 Å². The van der Waals surface area contributed by atoms with Crippen LogP contribution in [-0.2, 0) is 19.1 Å². The first-order valence-electron chi connectivity index (χ1n) is 5.29. The second-order valence-corrected chi connectivity index (χ2v) is 3.61. The zero-order chi connectivity index (χ0) is 12.0. The Kier molecular flexibility index (Phi) is 5.21. The largest absolute Gasteiger partial charge is 0.467 e. The molecule has 92 valence electrons. The Hall–Kier alpha value is -1.14. The summed E-state index contributed by atoms with van der Waals surface area (Å²) in [6, 6.07) is 0.